The second kappa shape index (κ2) is 8.43. The minimum Gasteiger partial charge on any atom is -0.488 e. The number of aromatic nitrogens is 2. The first-order chi connectivity index (χ1) is 14.1. The highest BCUT2D eigenvalue weighted by atomic mass is 19.1. The van der Waals surface area contributed by atoms with Crippen LogP contribution in [0.3, 0.4) is 0 Å². The summed E-state index contributed by atoms with van der Waals surface area (Å²) < 4.78 is 24.3. The number of piperidine rings is 1. The molecule has 2 aromatic carbocycles. The van der Waals surface area contributed by atoms with Crippen molar-refractivity contribution in [1.82, 2.24) is 15.0 Å². The van der Waals surface area contributed by atoms with E-state index in [1.54, 1.807) is 31.2 Å². The first-order valence-electron chi connectivity index (χ1n) is 9.66. The maximum atomic E-state index is 13.2. The van der Waals surface area contributed by atoms with E-state index in [0.717, 1.165) is 18.4 Å². The summed E-state index contributed by atoms with van der Waals surface area (Å²) >= 11 is 0. The average Bonchev–Trinajstić information content (AvgIpc) is 3.19. The molecule has 6 nitrogen and oxygen atoms in total. The van der Waals surface area contributed by atoms with Crippen molar-refractivity contribution >= 4 is 5.91 Å². The molecule has 1 amide bonds. The molecule has 7 heteroatoms. The molecule has 29 heavy (non-hydrogen) atoms. The van der Waals surface area contributed by atoms with E-state index in [4.69, 9.17) is 9.26 Å². The fourth-order valence-electron chi connectivity index (χ4n) is 3.52. The Kier molecular flexibility index (Phi) is 5.55. The molecular weight excluding hydrogens is 373 g/mol. The molecule has 0 aliphatic carbocycles. The summed E-state index contributed by atoms with van der Waals surface area (Å²) in [5.41, 5.74) is 1.34. The zero-order chi connectivity index (χ0) is 20.2. The van der Waals surface area contributed by atoms with E-state index in [0.29, 0.717) is 36.1 Å². The minimum atomic E-state index is -0.291. The van der Waals surface area contributed by atoms with Crippen LogP contribution in [-0.4, -0.2) is 34.0 Å². The third kappa shape index (κ3) is 4.45. The molecule has 1 aliphatic rings. The van der Waals surface area contributed by atoms with Crippen LogP contribution in [0, 0.1) is 12.7 Å². The Labute approximate surface area is 168 Å². The zero-order valence-electron chi connectivity index (χ0n) is 16.2. The highest BCUT2D eigenvalue weighted by molar-refractivity contribution is 5.97. The van der Waals surface area contributed by atoms with Gasteiger partial charge in [-0.2, -0.15) is 4.98 Å². The van der Waals surface area contributed by atoms with Crippen molar-refractivity contribution in [3.63, 3.8) is 0 Å². The first-order valence-corrected chi connectivity index (χ1v) is 9.66. The number of nitrogens with zero attached hydrogens (tertiary/aromatic N) is 3. The number of benzene rings is 2. The summed E-state index contributed by atoms with van der Waals surface area (Å²) in [4.78, 5) is 19.3. The number of para-hydroxylation sites is 1. The molecule has 1 saturated heterocycles. The van der Waals surface area contributed by atoms with Crippen molar-refractivity contribution in [2.45, 2.75) is 32.3 Å². The van der Waals surface area contributed by atoms with Gasteiger partial charge in [0.15, 0.2) is 5.82 Å². The van der Waals surface area contributed by atoms with Gasteiger partial charge in [-0.15, -0.1) is 0 Å². The number of carbonyl (C=O) groups excluding carboxylic acids is 1. The van der Waals surface area contributed by atoms with Gasteiger partial charge < -0.3 is 14.2 Å². The maximum Gasteiger partial charge on any atom is 0.257 e. The molecule has 3 aromatic rings. The van der Waals surface area contributed by atoms with Gasteiger partial charge in [-0.05, 0) is 49.6 Å². The Hall–Kier alpha value is -3.22. The van der Waals surface area contributed by atoms with Crippen LogP contribution in [0.4, 0.5) is 4.39 Å². The summed E-state index contributed by atoms with van der Waals surface area (Å²) in [7, 11) is 0. The Morgan fingerprint density at radius 2 is 2.03 bits per heavy atom. The number of hydrogen-bond acceptors (Lipinski definition) is 5. The number of carbonyl (C=O) groups is 1. The van der Waals surface area contributed by atoms with Gasteiger partial charge >= 0.3 is 0 Å². The number of rotatable bonds is 5. The van der Waals surface area contributed by atoms with Gasteiger partial charge in [0.25, 0.3) is 5.91 Å². The molecule has 1 fully saturated rings. The quantitative estimate of drug-likeness (QED) is 0.650. The van der Waals surface area contributed by atoms with Gasteiger partial charge in [0.1, 0.15) is 18.2 Å². The summed E-state index contributed by atoms with van der Waals surface area (Å²) in [5.74, 6) is 1.36. The van der Waals surface area contributed by atoms with Gasteiger partial charge in [-0.25, -0.2) is 4.39 Å². The van der Waals surface area contributed by atoms with E-state index in [1.165, 1.54) is 12.1 Å². The lowest BCUT2D eigenvalue weighted by Crippen LogP contribution is -2.39. The second-order valence-electron chi connectivity index (χ2n) is 7.18. The maximum absolute atomic E-state index is 13.2. The lowest BCUT2D eigenvalue weighted by atomic mass is 9.97. The number of amides is 1. The van der Waals surface area contributed by atoms with Crippen LogP contribution in [0.2, 0.25) is 0 Å². The van der Waals surface area contributed by atoms with Crippen LogP contribution >= 0.6 is 0 Å². The third-order valence-corrected chi connectivity index (χ3v) is 5.03. The summed E-state index contributed by atoms with van der Waals surface area (Å²) in [5, 5.41) is 3.86. The van der Waals surface area contributed by atoms with E-state index < -0.39 is 0 Å². The van der Waals surface area contributed by atoms with Crippen molar-refractivity contribution in [1.29, 1.82) is 0 Å². The van der Waals surface area contributed by atoms with Crippen molar-refractivity contribution in [3.05, 3.63) is 77.2 Å². The average molecular weight is 395 g/mol. The summed E-state index contributed by atoms with van der Waals surface area (Å²) in [6.07, 6.45) is 1.78. The van der Waals surface area contributed by atoms with Gasteiger partial charge in [-0.1, -0.05) is 29.4 Å². The zero-order valence-corrected chi connectivity index (χ0v) is 16.2. The van der Waals surface area contributed by atoms with Crippen LogP contribution < -0.4 is 4.74 Å². The lowest BCUT2D eigenvalue weighted by molar-refractivity contribution is 0.0691. The third-order valence-electron chi connectivity index (χ3n) is 5.03. The number of likely N-dealkylation sites (tertiary alicyclic amines) is 1. The fourth-order valence-corrected chi connectivity index (χ4v) is 3.52. The molecule has 0 radical (unpaired) electrons. The Morgan fingerprint density at radius 1 is 1.24 bits per heavy atom. The SMILES string of the molecule is Cc1noc([C@@H]2CCCN(C(=O)c3ccccc3OCc3ccc(F)cc3)C2)n1. The van der Waals surface area contributed by atoms with Crippen LogP contribution in [-0.2, 0) is 6.61 Å². The predicted octanol–water partition coefficient (Wildman–Crippen LogP) is 4.12. The van der Waals surface area contributed by atoms with Gasteiger partial charge in [0.2, 0.25) is 5.89 Å². The summed E-state index contributed by atoms with van der Waals surface area (Å²) in [6, 6.07) is 13.3. The number of halogens is 1. The largest absolute Gasteiger partial charge is 0.488 e. The fraction of sp³-hybridized carbons (Fsp3) is 0.318. The smallest absolute Gasteiger partial charge is 0.257 e. The Morgan fingerprint density at radius 3 is 2.79 bits per heavy atom. The van der Waals surface area contributed by atoms with Gasteiger partial charge in [0.05, 0.1) is 11.5 Å². The van der Waals surface area contributed by atoms with Crippen LogP contribution in [0.1, 0.15) is 46.4 Å². The topological polar surface area (TPSA) is 68.5 Å². The van der Waals surface area contributed by atoms with Crippen molar-refractivity contribution in [2.75, 3.05) is 13.1 Å². The van der Waals surface area contributed by atoms with Crippen molar-refractivity contribution < 1.29 is 18.4 Å². The predicted molar refractivity (Wildman–Crippen MR) is 104 cm³/mol. The van der Waals surface area contributed by atoms with Crippen molar-refractivity contribution in [2.24, 2.45) is 0 Å². The Balaban J connectivity index is 1.47. The van der Waals surface area contributed by atoms with Crippen LogP contribution in [0.5, 0.6) is 5.75 Å². The Bertz CT molecular complexity index is 987. The number of aryl methyl sites for hydroxylation is 1. The van der Waals surface area contributed by atoms with E-state index in [2.05, 4.69) is 10.1 Å². The molecule has 1 aromatic heterocycles. The second-order valence-corrected chi connectivity index (χ2v) is 7.18. The van der Waals surface area contributed by atoms with Gasteiger partial charge in [-0.3, -0.25) is 4.79 Å². The van der Waals surface area contributed by atoms with Crippen LogP contribution in [0.25, 0.3) is 0 Å². The highest BCUT2D eigenvalue weighted by Crippen LogP contribution is 2.28. The molecule has 0 spiro atoms. The van der Waals surface area contributed by atoms with E-state index in [1.807, 2.05) is 17.0 Å². The molecule has 1 atom stereocenters. The molecular formula is C22H22FN3O3. The lowest BCUT2D eigenvalue weighted by Gasteiger charge is -2.31. The molecule has 150 valence electrons. The van der Waals surface area contributed by atoms with Gasteiger partial charge in [0, 0.05) is 13.1 Å². The van der Waals surface area contributed by atoms with E-state index in [-0.39, 0.29) is 24.2 Å². The first kappa shape index (κ1) is 19.1. The minimum absolute atomic E-state index is 0.0428. The molecule has 1 aliphatic heterocycles. The number of hydrogen-bond donors (Lipinski definition) is 0. The molecule has 2 heterocycles. The molecule has 4 rings (SSSR count). The van der Waals surface area contributed by atoms with E-state index in [9.17, 15) is 9.18 Å². The molecule has 0 saturated carbocycles. The van der Waals surface area contributed by atoms with Crippen LogP contribution in [0.15, 0.2) is 53.1 Å². The normalized spacial score (nSPS) is 16.6. The highest BCUT2D eigenvalue weighted by Gasteiger charge is 2.29. The monoisotopic (exact) mass is 395 g/mol. The van der Waals surface area contributed by atoms with E-state index >= 15 is 0 Å². The standard InChI is InChI=1S/C22H22FN3O3/c1-15-24-21(29-25-15)17-5-4-12-26(13-17)22(27)19-6-2-3-7-20(19)28-14-16-8-10-18(23)11-9-16/h2-3,6-11,17H,4-5,12-14H2,1H3/t17-/m1/s1. The number of ether oxygens (including phenoxy) is 1. The van der Waals surface area contributed by atoms with Crippen molar-refractivity contribution in [3.8, 4) is 5.75 Å². The molecule has 0 unspecified atom stereocenters. The summed E-state index contributed by atoms with van der Waals surface area (Å²) in [6.45, 7) is 3.25. The molecule has 0 N–H and O–H groups in total. The molecule has 0 bridgehead atoms.